The minimum absolute atomic E-state index is 0.270. The Labute approximate surface area is 108 Å². The highest BCUT2D eigenvalue weighted by molar-refractivity contribution is 9.10. The minimum atomic E-state index is -0.911. The van der Waals surface area contributed by atoms with Gasteiger partial charge < -0.3 is 9.47 Å². The fourth-order valence-corrected chi connectivity index (χ4v) is 1.67. The molecule has 0 unspecified atom stereocenters. The molecule has 92 valence electrons. The van der Waals surface area contributed by atoms with Crippen molar-refractivity contribution in [1.29, 1.82) is 0 Å². The van der Waals surface area contributed by atoms with Crippen LogP contribution in [-0.4, -0.2) is 26.2 Å². The van der Waals surface area contributed by atoms with Crippen LogP contribution < -0.4 is 0 Å². The quantitative estimate of drug-likeness (QED) is 0.630. The Balaban J connectivity index is 2.82. The molecule has 0 aliphatic carbocycles. The van der Waals surface area contributed by atoms with E-state index in [1.54, 1.807) is 0 Å². The van der Waals surface area contributed by atoms with E-state index >= 15 is 0 Å². The first-order chi connectivity index (χ1) is 8.08. The van der Waals surface area contributed by atoms with Crippen LogP contribution in [0.3, 0.4) is 0 Å². The van der Waals surface area contributed by atoms with Crippen molar-refractivity contribution >= 4 is 27.9 Å². The summed E-state index contributed by atoms with van der Waals surface area (Å²) in [6.45, 7) is 0. The first-order valence-corrected chi connectivity index (χ1v) is 5.78. The lowest BCUT2D eigenvalue weighted by molar-refractivity contribution is -0.158. The van der Waals surface area contributed by atoms with Crippen molar-refractivity contribution in [2.45, 2.75) is 6.42 Å². The van der Waals surface area contributed by atoms with Crippen LogP contribution in [0.15, 0.2) is 28.7 Å². The molecule has 1 rings (SSSR count). The SMILES string of the molecule is COC(=O)C(Cc1ccc(Br)cc1)C(=O)OC. The maximum absolute atomic E-state index is 11.5. The molecule has 0 N–H and O–H groups in total. The van der Waals surface area contributed by atoms with Crippen molar-refractivity contribution in [3.63, 3.8) is 0 Å². The monoisotopic (exact) mass is 300 g/mol. The Kier molecular flexibility index (Phi) is 5.15. The molecular formula is C12H13BrO4. The van der Waals surface area contributed by atoms with Gasteiger partial charge in [-0.25, -0.2) is 0 Å². The third-order valence-corrected chi connectivity index (χ3v) is 2.85. The van der Waals surface area contributed by atoms with Gasteiger partial charge in [-0.15, -0.1) is 0 Å². The predicted octanol–water partition coefficient (Wildman–Crippen LogP) is 1.95. The van der Waals surface area contributed by atoms with Crippen LogP contribution >= 0.6 is 15.9 Å². The molecule has 0 aliphatic rings. The molecule has 0 heterocycles. The summed E-state index contributed by atoms with van der Waals surface area (Å²) in [5, 5.41) is 0. The van der Waals surface area contributed by atoms with Gasteiger partial charge in [0.05, 0.1) is 14.2 Å². The summed E-state index contributed by atoms with van der Waals surface area (Å²) in [5.41, 5.74) is 0.869. The largest absolute Gasteiger partial charge is 0.468 e. The Hall–Kier alpha value is -1.36. The summed E-state index contributed by atoms with van der Waals surface area (Å²) in [4.78, 5) is 22.9. The number of esters is 2. The summed E-state index contributed by atoms with van der Waals surface area (Å²) < 4.78 is 10.1. The van der Waals surface area contributed by atoms with E-state index in [9.17, 15) is 9.59 Å². The number of carbonyl (C=O) groups is 2. The lowest BCUT2D eigenvalue weighted by Crippen LogP contribution is -2.28. The molecule has 0 amide bonds. The number of halogens is 1. The number of benzene rings is 1. The van der Waals surface area contributed by atoms with Crippen LogP contribution in [0.2, 0.25) is 0 Å². The lowest BCUT2D eigenvalue weighted by atomic mass is 10.00. The van der Waals surface area contributed by atoms with Crippen LogP contribution in [0, 0.1) is 5.92 Å². The highest BCUT2D eigenvalue weighted by atomic mass is 79.9. The zero-order valence-corrected chi connectivity index (χ0v) is 11.2. The standard InChI is InChI=1S/C12H13BrO4/c1-16-11(14)10(12(15)17-2)7-8-3-5-9(13)6-4-8/h3-6,10H,7H2,1-2H3. The van der Waals surface area contributed by atoms with E-state index < -0.39 is 17.9 Å². The highest BCUT2D eigenvalue weighted by Crippen LogP contribution is 2.15. The molecule has 1 aromatic rings. The highest BCUT2D eigenvalue weighted by Gasteiger charge is 2.28. The van der Waals surface area contributed by atoms with Gasteiger partial charge in [0, 0.05) is 4.47 Å². The normalized spacial score (nSPS) is 10.1. The molecule has 1 aromatic carbocycles. The summed E-state index contributed by atoms with van der Waals surface area (Å²) in [6.07, 6.45) is 0.270. The molecule has 0 bridgehead atoms. The van der Waals surface area contributed by atoms with Gasteiger partial charge in [-0.3, -0.25) is 9.59 Å². The number of carbonyl (C=O) groups excluding carboxylic acids is 2. The molecule has 17 heavy (non-hydrogen) atoms. The molecule has 4 nitrogen and oxygen atoms in total. The van der Waals surface area contributed by atoms with Crippen LogP contribution in [0.4, 0.5) is 0 Å². The van der Waals surface area contributed by atoms with E-state index in [4.69, 9.17) is 0 Å². The number of rotatable bonds is 4. The molecule has 0 radical (unpaired) electrons. The summed E-state index contributed by atoms with van der Waals surface area (Å²) in [5.74, 6) is -2.08. The predicted molar refractivity (Wildman–Crippen MR) is 65.4 cm³/mol. The van der Waals surface area contributed by atoms with E-state index in [1.165, 1.54) is 14.2 Å². The van der Waals surface area contributed by atoms with Crippen molar-refractivity contribution in [3.8, 4) is 0 Å². The smallest absolute Gasteiger partial charge is 0.320 e. The Morgan fingerprint density at radius 1 is 1.12 bits per heavy atom. The summed E-state index contributed by atoms with van der Waals surface area (Å²) in [6, 6.07) is 7.37. The molecule has 0 aliphatic heterocycles. The molecule has 0 spiro atoms. The third-order valence-electron chi connectivity index (χ3n) is 2.32. The van der Waals surface area contributed by atoms with Crippen molar-refractivity contribution in [2.75, 3.05) is 14.2 Å². The second-order valence-electron chi connectivity index (χ2n) is 3.43. The van der Waals surface area contributed by atoms with Crippen LogP contribution in [-0.2, 0) is 25.5 Å². The van der Waals surface area contributed by atoms with Crippen molar-refractivity contribution < 1.29 is 19.1 Å². The van der Waals surface area contributed by atoms with Gasteiger partial charge in [0.2, 0.25) is 0 Å². The number of methoxy groups -OCH3 is 2. The van der Waals surface area contributed by atoms with Gasteiger partial charge in [-0.1, -0.05) is 28.1 Å². The summed E-state index contributed by atoms with van der Waals surface area (Å²) >= 11 is 3.31. The summed E-state index contributed by atoms with van der Waals surface area (Å²) in [7, 11) is 2.50. The Morgan fingerprint density at radius 3 is 2.00 bits per heavy atom. The minimum Gasteiger partial charge on any atom is -0.468 e. The van der Waals surface area contributed by atoms with Gasteiger partial charge in [0.15, 0.2) is 5.92 Å². The van der Waals surface area contributed by atoms with E-state index in [0.717, 1.165) is 10.0 Å². The second kappa shape index (κ2) is 6.39. The first kappa shape index (κ1) is 13.7. The van der Waals surface area contributed by atoms with Crippen LogP contribution in [0.25, 0.3) is 0 Å². The van der Waals surface area contributed by atoms with E-state index in [0.29, 0.717) is 0 Å². The molecule has 0 fully saturated rings. The zero-order chi connectivity index (χ0) is 12.8. The fraction of sp³-hybridized carbons (Fsp3) is 0.333. The lowest BCUT2D eigenvalue weighted by Gasteiger charge is -2.12. The van der Waals surface area contributed by atoms with E-state index in [1.807, 2.05) is 24.3 Å². The zero-order valence-electron chi connectivity index (χ0n) is 9.60. The molecule has 0 atom stereocenters. The molecule has 0 saturated carbocycles. The first-order valence-electron chi connectivity index (χ1n) is 4.98. The molecule has 0 aromatic heterocycles. The van der Waals surface area contributed by atoms with Crippen molar-refractivity contribution in [2.24, 2.45) is 5.92 Å². The van der Waals surface area contributed by atoms with E-state index in [2.05, 4.69) is 25.4 Å². The van der Waals surface area contributed by atoms with Crippen LogP contribution in [0.5, 0.6) is 0 Å². The van der Waals surface area contributed by atoms with Crippen molar-refractivity contribution in [1.82, 2.24) is 0 Å². The van der Waals surface area contributed by atoms with Gasteiger partial charge in [0.1, 0.15) is 0 Å². The number of hydrogen-bond acceptors (Lipinski definition) is 4. The van der Waals surface area contributed by atoms with Gasteiger partial charge >= 0.3 is 11.9 Å². The molecular weight excluding hydrogens is 288 g/mol. The van der Waals surface area contributed by atoms with Gasteiger partial charge in [-0.05, 0) is 24.1 Å². The third kappa shape index (κ3) is 3.85. The average molecular weight is 301 g/mol. The topological polar surface area (TPSA) is 52.6 Å². The fourth-order valence-electron chi connectivity index (χ4n) is 1.40. The Bertz CT molecular complexity index is 383. The van der Waals surface area contributed by atoms with Gasteiger partial charge in [-0.2, -0.15) is 0 Å². The van der Waals surface area contributed by atoms with Crippen LogP contribution in [0.1, 0.15) is 5.56 Å². The van der Waals surface area contributed by atoms with E-state index in [-0.39, 0.29) is 6.42 Å². The maximum Gasteiger partial charge on any atom is 0.320 e. The molecule has 5 heteroatoms. The Morgan fingerprint density at radius 2 is 1.59 bits per heavy atom. The number of ether oxygens (including phenoxy) is 2. The van der Waals surface area contributed by atoms with Crippen molar-refractivity contribution in [3.05, 3.63) is 34.3 Å². The number of hydrogen-bond donors (Lipinski definition) is 0. The second-order valence-corrected chi connectivity index (χ2v) is 4.35. The van der Waals surface area contributed by atoms with Gasteiger partial charge in [0.25, 0.3) is 0 Å². The average Bonchev–Trinajstić information content (AvgIpc) is 2.36. The molecule has 0 saturated heterocycles. The maximum atomic E-state index is 11.5.